The van der Waals surface area contributed by atoms with Crippen LogP contribution in [0.5, 0.6) is 5.75 Å². The fourth-order valence-corrected chi connectivity index (χ4v) is 2.21. The highest BCUT2D eigenvalue weighted by Gasteiger charge is 2.05. The molecular weight excluding hydrogens is 272 g/mol. The van der Waals surface area contributed by atoms with Crippen LogP contribution in [-0.4, -0.2) is 11.5 Å². The van der Waals surface area contributed by atoms with Crippen LogP contribution >= 0.6 is 11.6 Å². The Labute approximate surface area is 124 Å². The zero-order valence-electron chi connectivity index (χ0n) is 11.8. The topological polar surface area (TPSA) is 34.2 Å². The summed E-state index contributed by atoms with van der Waals surface area (Å²) in [5.74, 6) is 1.71. The first-order chi connectivity index (χ1) is 9.74. The summed E-state index contributed by atoms with van der Waals surface area (Å²) >= 11 is 6.10. The number of nitrogens with zero attached hydrogens (tertiary/aromatic N) is 1. The number of hydrogen-bond acceptors (Lipinski definition) is 3. The summed E-state index contributed by atoms with van der Waals surface area (Å²) in [4.78, 5) is 4.32. The third-order valence-electron chi connectivity index (χ3n) is 3.03. The monoisotopic (exact) mass is 290 g/mol. The van der Waals surface area contributed by atoms with E-state index in [2.05, 4.69) is 17.2 Å². The lowest BCUT2D eigenvalue weighted by Gasteiger charge is -2.12. The molecule has 1 aromatic heterocycles. The van der Waals surface area contributed by atoms with Crippen LogP contribution in [-0.2, 0) is 13.0 Å². The predicted molar refractivity (Wildman–Crippen MR) is 83.6 cm³/mol. The van der Waals surface area contributed by atoms with Gasteiger partial charge in [0.2, 0.25) is 0 Å². The Balaban J connectivity index is 2.09. The van der Waals surface area contributed by atoms with Crippen molar-refractivity contribution in [3.8, 4) is 5.75 Å². The smallest absolute Gasteiger partial charge is 0.132 e. The number of ether oxygens (including phenoxy) is 1. The van der Waals surface area contributed by atoms with Crippen LogP contribution < -0.4 is 10.1 Å². The Hall–Kier alpha value is -1.74. The molecule has 0 amide bonds. The second-order valence-electron chi connectivity index (χ2n) is 4.44. The van der Waals surface area contributed by atoms with Gasteiger partial charge in [-0.05, 0) is 43.2 Å². The standard InChI is InChI=1S/C16H19ClN2O/c1-3-12-10-14(7-8-15(12)17)20-11-13-6-5-9-19-16(13)18-4-2/h5-10H,3-4,11H2,1-2H3,(H,18,19). The molecule has 0 aliphatic rings. The number of pyridine rings is 1. The molecule has 0 saturated heterocycles. The molecule has 106 valence electrons. The van der Waals surface area contributed by atoms with Crippen molar-refractivity contribution in [2.75, 3.05) is 11.9 Å². The molecule has 0 aliphatic carbocycles. The minimum absolute atomic E-state index is 0.487. The number of halogens is 1. The van der Waals surface area contributed by atoms with Gasteiger partial charge in [0, 0.05) is 23.3 Å². The largest absolute Gasteiger partial charge is 0.489 e. The Morgan fingerprint density at radius 1 is 1.20 bits per heavy atom. The molecule has 0 bridgehead atoms. The van der Waals surface area contributed by atoms with E-state index in [0.717, 1.165) is 40.7 Å². The first-order valence-corrected chi connectivity index (χ1v) is 7.21. The van der Waals surface area contributed by atoms with Crippen LogP contribution in [0.2, 0.25) is 5.02 Å². The highest BCUT2D eigenvalue weighted by molar-refractivity contribution is 6.31. The summed E-state index contributed by atoms with van der Waals surface area (Å²) in [6.45, 7) is 5.45. The van der Waals surface area contributed by atoms with E-state index < -0.39 is 0 Å². The van der Waals surface area contributed by atoms with Gasteiger partial charge in [0.25, 0.3) is 0 Å². The van der Waals surface area contributed by atoms with Crippen molar-refractivity contribution in [3.63, 3.8) is 0 Å². The molecular formula is C16H19ClN2O. The quantitative estimate of drug-likeness (QED) is 0.861. The van der Waals surface area contributed by atoms with Gasteiger partial charge in [-0.3, -0.25) is 0 Å². The van der Waals surface area contributed by atoms with E-state index in [9.17, 15) is 0 Å². The van der Waals surface area contributed by atoms with E-state index in [1.165, 1.54) is 0 Å². The first kappa shape index (κ1) is 14.7. The molecule has 0 atom stereocenters. The van der Waals surface area contributed by atoms with Crippen molar-refractivity contribution in [2.24, 2.45) is 0 Å². The molecule has 0 radical (unpaired) electrons. The molecule has 4 heteroatoms. The normalized spacial score (nSPS) is 10.3. The van der Waals surface area contributed by atoms with E-state index in [1.54, 1.807) is 6.20 Å². The molecule has 0 fully saturated rings. The minimum atomic E-state index is 0.487. The van der Waals surface area contributed by atoms with Crippen molar-refractivity contribution in [2.45, 2.75) is 26.9 Å². The van der Waals surface area contributed by atoms with E-state index in [1.807, 2.05) is 37.3 Å². The lowest BCUT2D eigenvalue weighted by atomic mass is 10.1. The van der Waals surface area contributed by atoms with Crippen LogP contribution in [0.1, 0.15) is 25.0 Å². The highest BCUT2D eigenvalue weighted by atomic mass is 35.5. The van der Waals surface area contributed by atoms with Crippen LogP contribution in [0.15, 0.2) is 36.5 Å². The molecule has 20 heavy (non-hydrogen) atoms. The number of nitrogens with one attached hydrogen (secondary N) is 1. The Morgan fingerprint density at radius 3 is 2.80 bits per heavy atom. The lowest BCUT2D eigenvalue weighted by molar-refractivity contribution is 0.306. The average molecular weight is 291 g/mol. The maximum atomic E-state index is 6.10. The maximum Gasteiger partial charge on any atom is 0.132 e. The van der Waals surface area contributed by atoms with Crippen molar-refractivity contribution in [3.05, 3.63) is 52.7 Å². The van der Waals surface area contributed by atoms with Crippen molar-refractivity contribution in [1.29, 1.82) is 0 Å². The van der Waals surface area contributed by atoms with Crippen LogP contribution in [0.4, 0.5) is 5.82 Å². The molecule has 0 aliphatic heterocycles. The van der Waals surface area contributed by atoms with Crippen LogP contribution in [0.3, 0.4) is 0 Å². The van der Waals surface area contributed by atoms with Crippen LogP contribution in [0, 0.1) is 0 Å². The maximum absolute atomic E-state index is 6.10. The van der Waals surface area contributed by atoms with E-state index in [0.29, 0.717) is 6.61 Å². The van der Waals surface area contributed by atoms with Crippen LogP contribution in [0.25, 0.3) is 0 Å². The summed E-state index contributed by atoms with van der Waals surface area (Å²) in [5, 5.41) is 4.02. The van der Waals surface area contributed by atoms with Crippen molar-refractivity contribution < 1.29 is 4.74 Å². The summed E-state index contributed by atoms with van der Waals surface area (Å²) in [7, 11) is 0. The number of anilines is 1. The first-order valence-electron chi connectivity index (χ1n) is 6.83. The third-order valence-corrected chi connectivity index (χ3v) is 3.40. The fourth-order valence-electron chi connectivity index (χ4n) is 1.95. The zero-order valence-corrected chi connectivity index (χ0v) is 12.6. The second-order valence-corrected chi connectivity index (χ2v) is 4.84. The van der Waals surface area contributed by atoms with Crippen molar-refractivity contribution in [1.82, 2.24) is 4.98 Å². The summed E-state index contributed by atoms with van der Waals surface area (Å²) < 4.78 is 5.84. The van der Waals surface area contributed by atoms with Gasteiger partial charge in [-0.1, -0.05) is 24.6 Å². The SMILES string of the molecule is CCNc1ncccc1COc1ccc(Cl)c(CC)c1. The molecule has 0 unspecified atom stereocenters. The number of hydrogen-bond donors (Lipinski definition) is 1. The zero-order chi connectivity index (χ0) is 14.4. The van der Waals surface area contributed by atoms with Gasteiger partial charge in [0.1, 0.15) is 18.2 Å². The third kappa shape index (κ3) is 3.64. The second kappa shape index (κ2) is 7.15. The Bertz CT molecular complexity index is 572. The summed E-state index contributed by atoms with van der Waals surface area (Å²) in [5.41, 5.74) is 2.14. The highest BCUT2D eigenvalue weighted by Crippen LogP contribution is 2.23. The van der Waals surface area contributed by atoms with Gasteiger partial charge in [-0.25, -0.2) is 4.98 Å². The van der Waals surface area contributed by atoms with Gasteiger partial charge in [0.15, 0.2) is 0 Å². The lowest BCUT2D eigenvalue weighted by Crippen LogP contribution is -2.05. The van der Waals surface area contributed by atoms with E-state index in [4.69, 9.17) is 16.3 Å². The number of aryl methyl sites for hydroxylation is 1. The number of aromatic nitrogens is 1. The molecule has 0 spiro atoms. The van der Waals surface area contributed by atoms with E-state index >= 15 is 0 Å². The van der Waals surface area contributed by atoms with Gasteiger partial charge in [0.05, 0.1) is 0 Å². The molecule has 1 N–H and O–H groups in total. The van der Waals surface area contributed by atoms with Gasteiger partial charge >= 0.3 is 0 Å². The van der Waals surface area contributed by atoms with Gasteiger partial charge in [-0.2, -0.15) is 0 Å². The fraction of sp³-hybridized carbons (Fsp3) is 0.312. The average Bonchev–Trinajstić information content (AvgIpc) is 2.48. The number of rotatable bonds is 6. The Kier molecular flexibility index (Phi) is 5.24. The van der Waals surface area contributed by atoms with Gasteiger partial charge in [-0.15, -0.1) is 0 Å². The molecule has 2 aromatic rings. The summed E-state index contributed by atoms with van der Waals surface area (Å²) in [6, 6.07) is 9.70. The molecule has 1 heterocycles. The Morgan fingerprint density at radius 2 is 2.05 bits per heavy atom. The summed E-state index contributed by atoms with van der Waals surface area (Å²) in [6.07, 6.45) is 2.67. The van der Waals surface area contributed by atoms with Crippen molar-refractivity contribution >= 4 is 17.4 Å². The molecule has 2 rings (SSSR count). The molecule has 1 aromatic carbocycles. The van der Waals surface area contributed by atoms with E-state index in [-0.39, 0.29) is 0 Å². The minimum Gasteiger partial charge on any atom is -0.489 e. The van der Waals surface area contributed by atoms with Gasteiger partial charge < -0.3 is 10.1 Å². The number of benzene rings is 1. The molecule has 0 saturated carbocycles. The predicted octanol–water partition coefficient (Wildman–Crippen LogP) is 4.31. The molecule has 3 nitrogen and oxygen atoms in total.